The molecule has 2 aromatic rings. The Labute approximate surface area is 207 Å². The first kappa shape index (κ1) is 28.1. The number of hydrogen-bond acceptors (Lipinski definition) is 5. The van der Waals surface area contributed by atoms with Crippen molar-refractivity contribution in [1.29, 1.82) is 0 Å². The van der Waals surface area contributed by atoms with Crippen molar-refractivity contribution in [2.24, 2.45) is 0 Å². The molecule has 0 saturated carbocycles. The Morgan fingerprint density at radius 1 is 1.06 bits per heavy atom. The molecule has 0 radical (unpaired) electrons. The fourth-order valence-electron chi connectivity index (χ4n) is 3.59. The summed E-state index contributed by atoms with van der Waals surface area (Å²) in [7, 11) is -2.18. The van der Waals surface area contributed by atoms with Gasteiger partial charge in [-0.2, -0.15) is 0 Å². The lowest BCUT2D eigenvalue weighted by Crippen LogP contribution is -2.49. The second kappa shape index (κ2) is 12.5. The molecular weight excluding hydrogens is 473 g/mol. The van der Waals surface area contributed by atoms with Crippen LogP contribution in [0.2, 0.25) is 0 Å². The molecule has 192 valence electrons. The molecule has 8 nitrogen and oxygen atoms in total. The molecule has 1 N–H and O–H groups in total. The highest BCUT2D eigenvalue weighted by atomic mass is 32.2. The molecule has 0 saturated heterocycles. The molecule has 1 unspecified atom stereocenters. The average Bonchev–Trinajstić information content (AvgIpc) is 2.79. The summed E-state index contributed by atoms with van der Waals surface area (Å²) in [5.41, 5.74) is 1.06. The predicted octanol–water partition coefficient (Wildman–Crippen LogP) is 3.32. The molecular formula is C25H34FN3O5S. The van der Waals surface area contributed by atoms with Gasteiger partial charge in [-0.25, -0.2) is 12.8 Å². The van der Waals surface area contributed by atoms with Gasteiger partial charge in [-0.3, -0.25) is 13.9 Å². The van der Waals surface area contributed by atoms with Crippen molar-refractivity contribution in [3.63, 3.8) is 0 Å². The molecule has 0 heterocycles. The van der Waals surface area contributed by atoms with Crippen LogP contribution in [0.5, 0.6) is 5.75 Å². The van der Waals surface area contributed by atoms with Crippen LogP contribution >= 0.6 is 0 Å². The molecule has 35 heavy (non-hydrogen) atoms. The summed E-state index contributed by atoms with van der Waals surface area (Å²) in [5, 5.41) is 2.81. The Balaban J connectivity index is 2.19. The zero-order chi connectivity index (χ0) is 26.2. The minimum absolute atomic E-state index is 0.0155. The lowest BCUT2D eigenvalue weighted by Gasteiger charge is -2.30. The van der Waals surface area contributed by atoms with Crippen molar-refractivity contribution in [3.05, 3.63) is 59.9 Å². The second-order valence-electron chi connectivity index (χ2n) is 8.60. The van der Waals surface area contributed by atoms with E-state index in [0.717, 1.165) is 6.26 Å². The largest absolute Gasteiger partial charge is 0.495 e. The van der Waals surface area contributed by atoms with Crippen LogP contribution in [0.25, 0.3) is 0 Å². The normalized spacial score (nSPS) is 12.2. The second-order valence-corrected chi connectivity index (χ2v) is 10.5. The van der Waals surface area contributed by atoms with E-state index in [4.69, 9.17) is 4.74 Å². The number of sulfonamides is 1. The molecule has 1 atom stereocenters. The molecule has 2 rings (SSSR count). The first-order chi connectivity index (χ1) is 16.4. The van der Waals surface area contributed by atoms with Crippen molar-refractivity contribution in [1.82, 2.24) is 10.2 Å². The molecule has 0 aliphatic heterocycles. The van der Waals surface area contributed by atoms with Gasteiger partial charge in [0.05, 0.1) is 19.1 Å². The summed E-state index contributed by atoms with van der Waals surface area (Å²) in [4.78, 5) is 27.3. The van der Waals surface area contributed by atoms with E-state index >= 15 is 0 Å². The molecule has 0 aliphatic rings. The molecule has 0 aromatic heterocycles. The van der Waals surface area contributed by atoms with Crippen LogP contribution in [0.15, 0.2) is 48.5 Å². The zero-order valence-corrected chi connectivity index (χ0v) is 21.6. The summed E-state index contributed by atoms with van der Waals surface area (Å²) >= 11 is 0. The highest BCUT2D eigenvalue weighted by molar-refractivity contribution is 7.92. The van der Waals surface area contributed by atoms with Crippen molar-refractivity contribution in [2.75, 3.05) is 24.2 Å². The maximum atomic E-state index is 13.3. The van der Waals surface area contributed by atoms with E-state index in [0.29, 0.717) is 17.0 Å². The number of anilines is 1. The highest BCUT2D eigenvalue weighted by Crippen LogP contribution is 2.29. The maximum absolute atomic E-state index is 13.3. The third-order valence-corrected chi connectivity index (χ3v) is 6.55. The van der Waals surface area contributed by atoms with E-state index < -0.39 is 21.9 Å². The number of carbonyl (C=O) groups excluding carboxylic acids is 2. The minimum Gasteiger partial charge on any atom is -0.495 e. The first-order valence-corrected chi connectivity index (χ1v) is 13.2. The van der Waals surface area contributed by atoms with Crippen LogP contribution in [-0.4, -0.2) is 57.1 Å². The number of rotatable bonds is 12. The molecule has 2 amide bonds. The molecule has 10 heteroatoms. The zero-order valence-electron chi connectivity index (χ0n) is 20.8. The van der Waals surface area contributed by atoms with E-state index in [9.17, 15) is 22.4 Å². The van der Waals surface area contributed by atoms with Crippen molar-refractivity contribution >= 4 is 27.5 Å². The van der Waals surface area contributed by atoms with Crippen molar-refractivity contribution < 1.29 is 27.1 Å². The number of ether oxygens (including phenoxy) is 1. The van der Waals surface area contributed by atoms with Gasteiger partial charge in [0, 0.05) is 25.6 Å². The minimum atomic E-state index is -3.64. The fraction of sp³-hybridized carbons (Fsp3) is 0.440. The Bertz CT molecular complexity index is 1110. The summed E-state index contributed by atoms with van der Waals surface area (Å²) in [6, 6.07) is 11.6. The van der Waals surface area contributed by atoms with Gasteiger partial charge >= 0.3 is 0 Å². The van der Waals surface area contributed by atoms with Gasteiger partial charge in [-0.15, -0.1) is 0 Å². The lowest BCUT2D eigenvalue weighted by molar-refractivity contribution is -0.140. The number of benzene rings is 2. The first-order valence-electron chi connectivity index (χ1n) is 11.4. The van der Waals surface area contributed by atoms with Crippen LogP contribution in [0, 0.1) is 5.82 Å². The predicted molar refractivity (Wildman–Crippen MR) is 134 cm³/mol. The molecule has 0 aliphatic carbocycles. The number of para-hydroxylation sites is 2. The third kappa shape index (κ3) is 8.24. The summed E-state index contributed by atoms with van der Waals surface area (Å²) in [6.07, 6.45) is 1.34. The Morgan fingerprint density at radius 3 is 2.26 bits per heavy atom. The molecule has 0 bridgehead atoms. The van der Waals surface area contributed by atoms with Crippen molar-refractivity contribution in [2.45, 2.75) is 52.2 Å². The Morgan fingerprint density at radius 2 is 1.69 bits per heavy atom. The van der Waals surface area contributed by atoms with Gasteiger partial charge in [-0.1, -0.05) is 24.3 Å². The van der Waals surface area contributed by atoms with E-state index in [1.165, 1.54) is 28.4 Å². The SMILES string of the molecule is COc1ccccc1N(CCCC(=O)N(Cc1ccc(F)cc1)C(C)C(=O)NC(C)C)S(C)(=O)=O. The fourth-order valence-corrected chi connectivity index (χ4v) is 4.56. The van der Waals surface area contributed by atoms with Crippen LogP contribution in [0.3, 0.4) is 0 Å². The summed E-state index contributed by atoms with van der Waals surface area (Å²) in [5.74, 6) is -0.605. The smallest absolute Gasteiger partial charge is 0.242 e. The quantitative estimate of drug-likeness (QED) is 0.476. The van der Waals surface area contributed by atoms with Crippen LogP contribution in [-0.2, 0) is 26.2 Å². The van der Waals surface area contributed by atoms with Crippen LogP contribution in [0.4, 0.5) is 10.1 Å². The molecule has 2 aromatic carbocycles. The topological polar surface area (TPSA) is 96.0 Å². The van der Waals surface area contributed by atoms with Crippen LogP contribution < -0.4 is 14.4 Å². The lowest BCUT2D eigenvalue weighted by atomic mass is 10.1. The number of hydrogen-bond donors (Lipinski definition) is 1. The van der Waals surface area contributed by atoms with Gasteiger partial charge < -0.3 is 15.0 Å². The number of carbonyl (C=O) groups is 2. The van der Waals surface area contributed by atoms with E-state index in [2.05, 4.69) is 5.32 Å². The third-order valence-electron chi connectivity index (χ3n) is 5.37. The van der Waals surface area contributed by atoms with Gasteiger partial charge in [0.1, 0.15) is 17.6 Å². The number of methoxy groups -OCH3 is 1. The number of halogens is 1. The Kier molecular flexibility index (Phi) is 10.1. The monoisotopic (exact) mass is 507 g/mol. The highest BCUT2D eigenvalue weighted by Gasteiger charge is 2.27. The number of nitrogens with zero attached hydrogens (tertiary/aromatic N) is 2. The van der Waals surface area contributed by atoms with Crippen molar-refractivity contribution in [3.8, 4) is 5.75 Å². The summed E-state index contributed by atoms with van der Waals surface area (Å²) < 4.78 is 44.8. The average molecular weight is 508 g/mol. The van der Waals surface area contributed by atoms with Gasteiger partial charge in [-0.05, 0) is 57.0 Å². The number of nitrogens with one attached hydrogen (secondary N) is 1. The standard InChI is InChI=1S/C25H34FN3O5S/c1-18(2)27-25(31)19(3)28(17-20-12-14-21(26)15-13-20)24(30)11-8-16-29(35(5,32)33)22-9-6-7-10-23(22)34-4/h6-7,9-10,12-15,18-19H,8,11,16-17H2,1-5H3,(H,27,31). The van der Waals surface area contributed by atoms with E-state index in [1.54, 1.807) is 43.3 Å². The molecule has 0 spiro atoms. The van der Waals surface area contributed by atoms with Gasteiger partial charge in [0.2, 0.25) is 21.8 Å². The van der Waals surface area contributed by atoms with Gasteiger partial charge in [0.25, 0.3) is 0 Å². The maximum Gasteiger partial charge on any atom is 0.242 e. The van der Waals surface area contributed by atoms with Gasteiger partial charge in [0.15, 0.2) is 0 Å². The summed E-state index contributed by atoms with van der Waals surface area (Å²) in [6.45, 7) is 5.47. The Hall–Kier alpha value is -3.14. The van der Waals surface area contributed by atoms with Crippen LogP contribution in [0.1, 0.15) is 39.2 Å². The van der Waals surface area contributed by atoms with E-state index in [1.807, 2.05) is 13.8 Å². The number of amides is 2. The molecule has 0 fully saturated rings. The van der Waals surface area contributed by atoms with E-state index in [-0.39, 0.29) is 43.8 Å².